The lowest BCUT2D eigenvalue weighted by Gasteiger charge is -2.45. The van der Waals surface area contributed by atoms with Crippen LogP contribution in [-0.4, -0.2) is 6.71 Å². The molecular weight excluding hydrogens is 836 g/mol. The van der Waals surface area contributed by atoms with E-state index in [1.165, 1.54) is 106 Å². The Balaban J connectivity index is 1.22. The molecule has 4 nitrogen and oxygen atoms in total. The smallest absolute Gasteiger partial charge is 0.252 e. The molecule has 0 N–H and O–H groups in total. The number of fused-ring (bicyclic) bond motifs is 4. The van der Waals surface area contributed by atoms with E-state index in [1.807, 2.05) is 0 Å². The third-order valence-electron chi connectivity index (χ3n) is 14.5. The third kappa shape index (κ3) is 7.58. The van der Waals surface area contributed by atoms with Crippen LogP contribution in [0.15, 0.2) is 176 Å². The number of hydrogen-bond acceptors (Lipinski definition) is 4. The van der Waals surface area contributed by atoms with Gasteiger partial charge in [0.25, 0.3) is 6.71 Å². The maximum absolute atomic E-state index is 2.57. The molecule has 0 aliphatic carbocycles. The van der Waals surface area contributed by atoms with Gasteiger partial charge in [0.2, 0.25) is 0 Å². The molecule has 0 saturated heterocycles. The second-order valence-electron chi connectivity index (χ2n) is 19.8. The van der Waals surface area contributed by atoms with Crippen molar-refractivity contribution in [3.63, 3.8) is 0 Å². The first kappa shape index (κ1) is 43.8. The van der Waals surface area contributed by atoms with Gasteiger partial charge in [0.05, 0.1) is 11.4 Å². The van der Waals surface area contributed by atoms with Gasteiger partial charge in [0.1, 0.15) is 0 Å². The zero-order chi connectivity index (χ0) is 47.8. The number of benzene rings is 9. The van der Waals surface area contributed by atoms with E-state index < -0.39 is 0 Å². The topological polar surface area (TPSA) is 13.0 Å². The molecule has 0 amide bonds. The zero-order valence-corrected chi connectivity index (χ0v) is 41.6. The Morgan fingerprint density at radius 2 is 0.609 bits per heavy atom. The van der Waals surface area contributed by atoms with Crippen molar-refractivity contribution >= 4 is 91.3 Å². The Morgan fingerprint density at radius 1 is 0.290 bits per heavy atom. The van der Waals surface area contributed by atoms with Crippen molar-refractivity contribution in [3.8, 4) is 0 Å². The Labute approximate surface area is 409 Å². The summed E-state index contributed by atoms with van der Waals surface area (Å²) in [5.41, 5.74) is 30.2. The summed E-state index contributed by atoms with van der Waals surface area (Å²) in [6.07, 6.45) is 0. The fourth-order valence-electron chi connectivity index (χ4n) is 10.8. The Morgan fingerprint density at radius 3 is 0.942 bits per heavy atom. The minimum atomic E-state index is -0.0520. The molecule has 0 radical (unpaired) electrons. The van der Waals surface area contributed by atoms with Gasteiger partial charge < -0.3 is 19.6 Å². The van der Waals surface area contributed by atoms with Crippen molar-refractivity contribution in [2.45, 2.75) is 69.2 Å². The summed E-state index contributed by atoms with van der Waals surface area (Å²) in [5.74, 6) is 0. The Kier molecular flexibility index (Phi) is 10.8. The first-order valence-corrected chi connectivity index (χ1v) is 24.4. The van der Waals surface area contributed by atoms with E-state index >= 15 is 0 Å². The summed E-state index contributed by atoms with van der Waals surface area (Å²) in [4.78, 5) is 10.0. The molecule has 9 aromatic carbocycles. The molecule has 2 aliphatic rings. The summed E-state index contributed by atoms with van der Waals surface area (Å²) in [6.45, 7) is 22.1. The van der Waals surface area contributed by atoms with E-state index in [2.05, 4.69) is 265 Å². The van der Waals surface area contributed by atoms with E-state index in [9.17, 15) is 0 Å². The molecule has 0 unspecified atom stereocenters. The van der Waals surface area contributed by atoms with Crippen molar-refractivity contribution in [2.24, 2.45) is 0 Å². The highest BCUT2D eigenvalue weighted by Crippen LogP contribution is 2.49. The third-order valence-corrected chi connectivity index (χ3v) is 14.5. The van der Waals surface area contributed by atoms with Crippen LogP contribution < -0.4 is 36.0 Å². The van der Waals surface area contributed by atoms with Crippen LogP contribution >= 0.6 is 0 Å². The molecule has 9 aromatic rings. The molecule has 0 spiro atoms. The van der Waals surface area contributed by atoms with E-state index in [0.29, 0.717) is 0 Å². The maximum atomic E-state index is 2.57. The Hall–Kier alpha value is -7.76. The molecule has 69 heavy (non-hydrogen) atoms. The van der Waals surface area contributed by atoms with Crippen molar-refractivity contribution in [1.29, 1.82) is 0 Å². The Bertz CT molecular complexity index is 3130. The molecule has 0 saturated carbocycles. The number of anilines is 12. The van der Waals surface area contributed by atoms with Gasteiger partial charge in [-0.1, -0.05) is 113 Å². The monoisotopic (exact) mass is 894 g/mol. The molecule has 0 fully saturated rings. The van der Waals surface area contributed by atoms with Crippen LogP contribution in [0.1, 0.15) is 55.6 Å². The van der Waals surface area contributed by atoms with E-state index in [0.717, 1.165) is 34.1 Å². The highest BCUT2D eigenvalue weighted by molar-refractivity contribution is 7.00. The predicted molar refractivity (Wildman–Crippen MR) is 297 cm³/mol. The molecule has 5 heteroatoms. The van der Waals surface area contributed by atoms with Gasteiger partial charge in [-0.3, -0.25) is 0 Å². The van der Waals surface area contributed by atoms with E-state index in [-0.39, 0.29) is 6.71 Å². The standard InChI is InChI=1S/C64H59BN4/c1-40-16-26-50(27-17-40)66(51-28-18-41(2)19-29-51)60-38-62-54(36-48(60)9)65-55-37-49(10)61(67(52-30-20-42(3)21-31-52)53-32-22-43(4)23-33-53)39-63(55)69(59-35-45(6)15-25-47(59)8)57-13-11-12-56(64(57)65)68(62)58-34-44(5)14-24-46(58)7/h11-39H,1-10H3. The number of rotatable bonds is 8. The second kappa shape index (κ2) is 17.1. The van der Waals surface area contributed by atoms with Crippen LogP contribution in [0.4, 0.5) is 68.2 Å². The lowest BCUT2D eigenvalue weighted by Crippen LogP contribution is -2.61. The summed E-state index contributed by atoms with van der Waals surface area (Å²) in [5, 5.41) is 0. The quantitative estimate of drug-likeness (QED) is 0.141. The largest absolute Gasteiger partial charge is 0.311 e. The minimum absolute atomic E-state index is 0.0520. The fourth-order valence-corrected chi connectivity index (χ4v) is 10.8. The zero-order valence-electron chi connectivity index (χ0n) is 41.6. The molecule has 0 aromatic heterocycles. The van der Waals surface area contributed by atoms with Gasteiger partial charge in [-0.2, -0.15) is 0 Å². The van der Waals surface area contributed by atoms with Crippen LogP contribution in [0, 0.1) is 69.2 Å². The van der Waals surface area contributed by atoms with E-state index in [4.69, 9.17) is 0 Å². The van der Waals surface area contributed by atoms with Crippen LogP contribution in [0.25, 0.3) is 0 Å². The van der Waals surface area contributed by atoms with Crippen molar-refractivity contribution < 1.29 is 0 Å². The van der Waals surface area contributed by atoms with Gasteiger partial charge in [-0.25, -0.2) is 0 Å². The van der Waals surface area contributed by atoms with Crippen LogP contribution in [0.2, 0.25) is 0 Å². The van der Waals surface area contributed by atoms with Crippen molar-refractivity contribution in [3.05, 3.63) is 232 Å². The number of aryl methyl sites for hydroxylation is 10. The molecule has 2 heterocycles. The van der Waals surface area contributed by atoms with Crippen LogP contribution in [0.3, 0.4) is 0 Å². The molecule has 11 rings (SSSR count). The van der Waals surface area contributed by atoms with Crippen LogP contribution in [0.5, 0.6) is 0 Å². The summed E-state index contributed by atoms with van der Waals surface area (Å²) in [7, 11) is 0. The van der Waals surface area contributed by atoms with Crippen LogP contribution in [-0.2, 0) is 0 Å². The first-order chi connectivity index (χ1) is 33.3. The highest BCUT2D eigenvalue weighted by Gasteiger charge is 2.45. The average molecular weight is 895 g/mol. The summed E-state index contributed by atoms with van der Waals surface area (Å²) >= 11 is 0. The number of hydrogen-bond donors (Lipinski definition) is 0. The van der Waals surface area contributed by atoms with Gasteiger partial charge in [-0.15, -0.1) is 0 Å². The SMILES string of the molecule is Cc1ccc(N(c2ccc(C)cc2)c2cc3c(cc2C)B2c4cc(C)c(N(c5ccc(C)cc5)c5ccc(C)cc5)cc4N(c4cc(C)ccc4C)c4cccc(c42)N3c2cc(C)ccc2C)cc1. The number of nitrogens with zero attached hydrogens (tertiary/aromatic N) is 4. The maximum Gasteiger partial charge on any atom is 0.252 e. The molecular formula is C64H59BN4. The minimum Gasteiger partial charge on any atom is -0.311 e. The first-order valence-electron chi connectivity index (χ1n) is 24.4. The van der Waals surface area contributed by atoms with Crippen molar-refractivity contribution in [2.75, 3.05) is 19.6 Å². The van der Waals surface area contributed by atoms with E-state index in [1.54, 1.807) is 0 Å². The second-order valence-corrected chi connectivity index (χ2v) is 19.8. The molecule has 338 valence electrons. The normalized spacial score (nSPS) is 12.4. The van der Waals surface area contributed by atoms with Gasteiger partial charge in [-0.05, 0) is 204 Å². The summed E-state index contributed by atoms with van der Waals surface area (Å²) in [6, 6.07) is 66.6. The predicted octanol–water partition coefficient (Wildman–Crippen LogP) is 15.8. The lowest BCUT2D eigenvalue weighted by molar-refractivity contribution is 1.19. The average Bonchev–Trinajstić information content (AvgIpc) is 3.34. The fraction of sp³-hybridized carbons (Fsp3) is 0.156. The lowest BCUT2D eigenvalue weighted by atomic mass is 9.33. The highest BCUT2D eigenvalue weighted by atomic mass is 15.2. The van der Waals surface area contributed by atoms with Gasteiger partial charge in [0, 0.05) is 56.9 Å². The molecule has 0 bridgehead atoms. The van der Waals surface area contributed by atoms with Gasteiger partial charge >= 0.3 is 0 Å². The van der Waals surface area contributed by atoms with Gasteiger partial charge in [0.15, 0.2) is 0 Å². The molecule has 0 atom stereocenters. The van der Waals surface area contributed by atoms with Crippen molar-refractivity contribution in [1.82, 2.24) is 0 Å². The summed E-state index contributed by atoms with van der Waals surface area (Å²) < 4.78 is 0. The molecule has 2 aliphatic heterocycles.